The summed E-state index contributed by atoms with van der Waals surface area (Å²) in [7, 11) is 1.59. The van der Waals surface area contributed by atoms with Crippen molar-refractivity contribution < 1.29 is 14.3 Å². The summed E-state index contributed by atoms with van der Waals surface area (Å²) in [5.74, 6) is 0.988. The van der Waals surface area contributed by atoms with Gasteiger partial charge < -0.3 is 14.8 Å². The molecule has 0 bridgehead atoms. The number of nitrogens with one attached hydrogen (secondary N) is 1. The smallest absolute Gasteiger partial charge is 0.263 e. The molecule has 0 unspecified atom stereocenters. The van der Waals surface area contributed by atoms with Gasteiger partial charge in [0.2, 0.25) is 5.91 Å². The Bertz CT molecular complexity index is 1500. The molecular formula is C29H31N3O4S2. The third kappa shape index (κ3) is 5.80. The van der Waals surface area contributed by atoms with E-state index in [0.29, 0.717) is 47.5 Å². The molecule has 1 amide bonds. The first-order chi connectivity index (χ1) is 18.4. The topological polar surface area (TPSA) is 82.5 Å². The molecule has 9 heteroatoms. The van der Waals surface area contributed by atoms with Gasteiger partial charge in [0.05, 0.1) is 31.0 Å². The maximum absolute atomic E-state index is 13.9. The van der Waals surface area contributed by atoms with Gasteiger partial charge in [-0.15, -0.1) is 11.3 Å². The largest absolute Gasteiger partial charge is 0.497 e. The maximum atomic E-state index is 13.9. The third-order valence-electron chi connectivity index (χ3n) is 6.69. The fourth-order valence-electron chi connectivity index (χ4n) is 4.59. The number of nitrogens with zero attached hydrogens (tertiary/aromatic N) is 2. The molecule has 2 aromatic carbocycles. The van der Waals surface area contributed by atoms with Crippen molar-refractivity contribution >= 4 is 44.9 Å². The lowest BCUT2D eigenvalue weighted by atomic mass is 9.96. The second-order valence-electron chi connectivity index (χ2n) is 9.64. The number of hydrogen-bond donors (Lipinski definition) is 1. The van der Waals surface area contributed by atoms with E-state index < -0.39 is 0 Å². The van der Waals surface area contributed by atoms with E-state index in [1.165, 1.54) is 23.1 Å². The van der Waals surface area contributed by atoms with E-state index >= 15 is 0 Å². The first-order valence-electron chi connectivity index (χ1n) is 12.7. The van der Waals surface area contributed by atoms with E-state index in [-0.39, 0.29) is 23.3 Å². The van der Waals surface area contributed by atoms with E-state index in [1.54, 1.807) is 17.7 Å². The number of anilines is 1. The van der Waals surface area contributed by atoms with Crippen molar-refractivity contribution in [3.8, 4) is 5.75 Å². The average molecular weight is 550 g/mol. The zero-order valence-corrected chi connectivity index (χ0v) is 23.4. The van der Waals surface area contributed by atoms with Crippen LogP contribution < -0.4 is 15.6 Å². The molecule has 0 radical (unpaired) electrons. The van der Waals surface area contributed by atoms with Gasteiger partial charge in [-0.2, -0.15) is 0 Å². The van der Waals surface area contributed by atoms with Crippen molar-refractivity contribution in [3.63, 3.8) is 0 Å². The first-order valence-corrected chi connectivity index (χ1v) is 14.5. The standard InChI is InChI=1S/C29H31N3O4S2/c1-18(2)23-15-22-24(16-36-23)38-27-26(22)28(34)32(13-12-19-8-5-4-6-9-19)29(31-27)37-17-25(33)30-20-10-7-11-21(14-20)35-3/h4-11,14,18,23H,12-13,15-17H2,1-3H3,(H,30,33)/t23-/m1/s1. The van der Waals surface area contributed by atoms with Gasteiger partial charge >= 0.3 is 0 Å². The van der Waals surface area contributed by atoms with E-state index in [9.17, 15) is 9.59 Å². The number of thioether (sulfide) groups is 1. The van der Waals surface area contributed by atoms with Crippen molar-refractivity contribution in [3.05, 3.63) is 81.0 Å². The Balaban J connectivity index is 1.44. The molecule has 4 aromatic rings. The number of rotatable bonds is 9. The van der Waals surface area contributed by atoms with Gasteiger partial charge in [0, 0.05) is 29.6 Å². The van der Waals surface area contributed by atoms with Crippen LogP contribution in [0, 0.1) is 5.92 Å². The molecule has 0 spiro atoms. The highest BCUT2D eigenvalue weighted by molar-refractivity contribution is 7.99. The van der Waals surface area contributed by atoms with Gasteiger partial charge in [0.1, 0.15) is 10.6 Å². The van der Waals surface area contributed by atoms with Gasteiger partial charge in [0.15, 0.2) is 5.16 Å². The number of benzene rings is 2. The fourth-order valence-corrected chi connectivity index (χ4v) is 6.58. The predicted octanol–water partition coefficient (Wildman–Crippen LogP) is 5.54. The van der Waals surface area contributed by atoms with Crippen molar-refractivity contribution in [1.29, 1.82) is 0 Å². The second kappa shape index (κ2) is 11.7. The maximum Gasteiger partial charge on any atom is 0.263 e. The van der Waals surface area contributed by atoms with Crippen LogP contribution in [0.2, 0.25) is 0 Å². The number of methoxy groups -OCH3 is 1. The molecular weight excluding hydrogens is 518 g/mol. The SMILES string of the molecule is COc1cccc(NC(=O)CSc2nc3sc4c(c3c(=O)n2CCc2ccccc2)C[C@H](C(C)C)OC4)c1. The van der Waals surface area contributed by atoms with Gasteiger partial charge in [-0.1, -0.05) is 62.0 Å². The molecule has 2 aromatic heterocycles. The number of carbonyl (C=O) groups is 1. The quantitative estimate of drug-likeness (QED) is 0.218. The van der Waals surface area contributed by atoms with Crippen molar-refractivity contribution in [1.82, 2.24) is 9.55 Å². The Labute approximate surface area is 230 Å². The van der Waals surface area contributed by atoms with Gasteiger partial charge in [-0.25, -0.2) is 4.98 Å². The summed E-state index contributed by atoms with van der Waals surface area (Å²) in [4.78, 5) is 33.4. The van der Waals surface area contributed by atoms with Crippen LogP contribution in [0.5, 0.6) is 5.75 Å². The minimum atomic E-state index is -0.175. The van der Waals surface area contributed by atoms with Crippen LogP contribution in [0.1, 0.15) is 29.9 Å². The van der Waals surface area contributed by atoms with E-state index in [4.69, 9.17) is 14.5 Å². The lowest BCUT2D eigenvalue weighted by Gasteiger charge is -2.26. The minimum Gasteiger partial charge on any atom is -0.497 e. The summed E-state index contributed by atoms with van der Waals surface area (Å²) in [5, 5.41) is 4.16. The van der Waals surface area contributed by atoms with Crippen LogP contribution in [0.4, 0.5) is 5.69 Å². The van der Waals surface area contributed by atoms with Crippen LogP contribution in [-0.4, -0.2) is 34.4 Å². The highest BCUT2D eigenvalue weighted by Gasteiger charge is 2.28. The molecule has 5 rings (SSSR count). The zero-order valence-electron chi connectivity index (χ0n) is 21.7. The molecule has 0 saturated heterocycles. The Morgan fingerprint density at radius 3 is 2.82 bits per heavy atom. The molecule has 38 heavy (non-hydrogen) atoms. The van der Waals surface area contributed by atoms with E-state index in [2.05, 4.69) is 31.3 Å². The normalized spacial score (nSPS) is 15.0. The number of thiophene rings is 1. The number of hydrogen-bond acceptors (Lipinski definition) is 7. The second-order valence-corrected chi connectivity index (χ2v) is 11.7. The molecule has 7 nitrogen and oxygen atoms in total. The predicted molar refractivity (Wildman–Crippen MR) is 153 cm³/mol. The molecule has 0 aliphatic carbocycles. The minimum absolute atomic E-state index is 0.0384. The number of aromatic nitrogens is 2. The molecule has 3 heterocycles. The average Bonchev–Trinajstić information content (AvgIpc) is 3.30. The van der Waals surface area contributed by atoms with Crippen LogP contribution in [0.25, 0.3) is 10.2 Å². The zero-order chi connectivity index (χ0) is 26.6. The van der Waals surface area contributed by atoms with Crippen molar-refractivity contribution in [2.75, 3.05) is 18.2 Å². The highest BCUT2D eigenvalue weighted by Crippen LogP contribution is 2.36. The fraction of sp³-hybridized carbons (Fsp3) is 0.345. The summed E-state index contributed by atoms with van der Waals surface area (Å²) in [6, 6.07) is 17.3. The Morgan fingerprint density at radius 2 is 2.05 bits per heavy atom. The van der Waals surface area contributed by atoms with E-state index in [1.807, 2.05) is 36.4 Å². The number of amides is 1. The summed E-state index contributed by atoms with van der Waals surface area (Å²) in [6.07, 6.45) is 1.51. The first kappa shape index (κ1) is 26.5. The molecule has 1 N–H and O–H groups in total. The van der Waals surface area contributed by atoms with Crippen molar-refractivity contribution in [2.24, 2.45) is 5.92 Å². The summed E-state index contributed by atoms with van der Waals surface area (Å²) < 4.78 is 13.0. The van der Waals surface area contributed by atoms with Crippen LogP contribution in [-0.2, 0) is 35.5 Å². The Morgan fingerprint density at radius 1 is 1.24 bits per heavy atom. The van der Waals surface area contributed by atoms with E-state index in [0.717, 1.165) is 27.3 Å². The molecule has 1 atom stereocenters. The molecule has 198 valence electrons. The molecule has 0 fully saturated rings. The summed E-state index contributed by atoms with van der Waals surface area (Å²) >= 11 is 2.81. The number of ether oxygens (including phenoxy) is 2. The Hall–Kier alpha value is -3.14. The third-order valence-corrected chi connectivity index (χ3v) is 8.77. The van der Waals surface area contributed by atoms with Crippen LogP contribution in [0.15, 0.2) is 64.5 Å². The van der Waals surface area contributed by atoms with Crippen molar-refractivity contribution in [2.45, 2.75) is 51.1 Å². The number of carbonyl (C=O) groups excluding carboxylic acids is 1. The van der Waals surface area contributed by atoms with Gasteiger partial charge in [-0.3, -0.25) is 14.2 Å². The van der Waals surface area contributed by atoms with Gasteiger partial charge in [0.25, 0.3) is 5.56 Å². The van der Waals surface area contributed by atoms with Crippen LogP contribution >= 0.6 is 23.1 Å². The highest BCUT2D eigenvalue weighted by atomic mass is 32.2. The van der Waals surface area contributed by atoms with Crippen LogP contribution in [0.3, 0.4) is 0 Å². The summed E-state index contributed by atoms with van der Waals surface area (Å²) in [6.45, 7) is 5.28. The number of aryl methyl sites for hydroxylation is 1. The monoisotopic (exact) mass is 549 g/mol. The molecule has 1 aliphatic rings. The molecule has 1 aliphatic heterocycles. The lowest BCUT2D eigenvalue weighted by Crippen LogP contribution is -2.29. The lowest BCUT2D eigenvalue weighted by molar-refractivity contribution is -0.113. The van der Waals surface area contributed by atoms with Gasteiger partial charge in [-0.05, 0) is 35.6 Å². The molecule has 0 saturated carbocycles. The Kier molecular flexibility index (Phi) is 8.16. The summed E-state index contributed by atoms with van der Waals surface area (Å²) in [5.41, 5.74) is 2.84. The number of fused-ring (bicyclic) bond motifs is 3.